The van der Waals surface area contributed by atoms with E-state index in [1.807, 2.05) is 66.7 Å². The summed E-state index contributed by atoms with van der Waals surface area (Å²) in [5.74, 6) is 0.846. The predicted molar refractivity (Wildman–Crippen MR) is 107 cm³/mol. The first-order valence-corrected chi connectivity index (χ1v) is 8.49. The molecule has 4 rings (SSSR count). The first-order chi connectivity index (χ1) is 12.3. The predicted octanol–water partition coefficient (Wildman–Crippen LogP) is 4.38. The molecule has 1 heterocycles. The zero-order valence-corrected chi connectivity index (χ0v) is 16.3. The standard InChI is InChI=1S/C16H15N2OS.C5H5.Fe/c1-19-13-8-6-12(7-9-13)15-10-14(17-16(20)18-15)11-4-2-3-5-11;1-2-4-5-3-1;/h2-10,14H,1H3,(H2,17,18,20);1-5H;/q2*-1;+2. The molecule has 1 aliphatic rings. The maximum atomic E-state index is 5.29. The van der Waals surface area contributed by atoms with Gasteiger partial charge < -0.3 is 15.4 Å². The molecule has 0 radical (unpaired) electrons. The van der Waals surface area contributed by atoms with Crippen LogP contribution in [0.5, 0.6) is 5.75 Å². The van der Waals surface area contributed by atoms with Gasteiger partial charge in [0.1, 0.15) is 5.75 Å². The van der Waals surface area contributed by atoms with E-state index in [1.165, 1.54) is 5.56 Å². The van der Waals surface area contributed by atoms with Gasteiger partial charge in [0.15, 0.2) is 5.11 Å². The van der Waals surface area contributed by atoms with Crippen molar-refractivity contribution in [3.8, 4) is 5.75 Å². The summed E-state index contributed by atoms with van der Waals surface area (Å²) < 4.78 is 5.18. The largest absolute Gasteiger partial charge is 2.00 e. The van der Waals surface area contributed by atoms with E-state index in [2.05, 4.69) is 28.8 Å². The summed E-state index contributed by atoms with van der Waals surface area (Å²) in [7, 11) is 1.66. The monoisotopic (exact) mass is 404 g/mol. The number of ether oxygens (including phenoxy) is 1. The Kier molecular flexibility index (Phi) is 7.67. The minimum Gasteiger partial charge on any atom is -0.497 e. The summed E-state index contributed by atoms with van der Waals surface area (Å²) in [6, 6.07) is 26.3. The minimum atomic E-state index is 0. The number of nitrogens with one attached hydrogen (secondary N) is 2. The third-order valence-corrected chi connectivity index (χ3v) is 4.09. The molecule has 3 aromatic carbocycles. The van der Waals surface area contributed by atoms with Gasteiger partial charge in [-0.25, -0.2) is 24.3 Å². The fourth-order valence-electron chi connectivity index (χ4n) is 2.59. The Morgan fingerprint density at radius 1 is 1.00 bits per heavy atom. The molecular formula is C21H20FeN2OS. The van der Waals surface area contributed by atoms with Crippen LogP contribution in [0.1, 0.15) is 17.2 Å². The molecule has 1 unspecified atom stereocenters. The van der Waals surface area contributed by atoms with Crippen molar-refractivity contribution < 1.29 is 21.8 Å². The molecule has 5 heteroatoms. The van der Waals surface area contributed by atoms with E-state index >= 15 is 0 Å². The van der Waals surface area contributed by atoms with Crippen LogP contribution in [0.25, 0.3) is 5.70 Å². The van der Waals surface area contributed by atoms with E-state index in [-0.39, 0.29) is 23.1 Å². The summed E-state index contributed by atoms with van der Waals surface area (Å²) in [5.41, 5.74) is 3.31. The third kappa shape index (κ3) is 5.33. The number of hydrogen-bond donors (Lipinski definition) is 2. The van der Waals surface area contributed by atoms with Crippen LogP contribution >= 0.6 is 12.2 Å². The van der Waals surface area contributed by atoms with Crippen molar-refractivity contribution >= 4 is 23.0 Å². The molecule has 0 aromatic heterocycles. The van der Waals surface area contributed by atoms with E-state index in [4.69, 9.17) is 17.0 Å². The fourth-order valence-corrected chi connectivity index (χ4v) is 2.82. The Bertz CT molecular complexity index is 791. The van der Waals surface area contributed by atoms with Crippen molar-refractivity contribution in [1.82, 2.24) is 10.6 Å². The van der Waals surface area contributed by atoms with Gasteiger partial charge in [0, 0.05) is 5.70 Å². The van der Waals surface area contributed by atoms with E-state index < -0.39 is 0 Å². The summed E-state index contributed by atoms with van der Waals surface area (Å²) in [6.45, 7) is 0. The normalized spacial score (nSPS) is 15.3. The average Bonchev–Trinajstić information content (AvgIpc) is 3.37. The van der Waals surface area contributed by atoms with E-state index in [0.717, 1.165) is 17.0 Å². The summed E-state index contributed by atoms with van der Waals surface area (Å²) >= 11 is 5.29. The van der Waals surface area contributed by atoms with Crippen LogP contribution in [0.3, 0.4) is 0 Å². The zero-order valence-electron chi connectivity index (χ0n) is 14.3. The second-order valence-corrected chi connectivity index (χ2v) is 5.97. The molecule has 0 aliphatic carbocycles. The van der Waals surface area contributed by atoms with E-state index in [0.29, 0.717) is 5.11 Å². The van der Waals surface area contributed by atoms with E-state index in [9.17, 15) is 0 Å². The van der Waals surface area contributed by atoms with Crippen molar-refractivity contribution in [2.45, 2.75) is 6.04 Å². The first kappa shape index (κ1) is 20.0. The molecule has 134 valence electrons. The molecule has 3 aromatic rings. The summed E-state index contributed by atoms with van der Waals surface area (Å²) in [5, 5.41) is 7.11. The molecule has 0 amide bonds. The molecule has 1 atom stereocenters. The SMILES string of the molecule is COc1ccc(C2=CC(c3ccc[cH-]3)NC(=S)N2)cc1.[Fe+2].c1cc[cH-]c1. The Morgan fingerprint density at radius 2 is 1.73 bits per heavy atom. The molecule has 0 bridgehead atoms. The van der Waals surface area contributed by atoms with Crippen molar-refractivity contribution in [3.63, 3.8) is 0 Å². The second kappa shape index (κ2) is 9.97. The van der Waals surface area contributed by atoms with Crippen LogP contribution in [-0.4, -0.2) is 12.2 Å². The van der Waals surface area contributed by atoms with Gasteiger partial charge in [-0.2, -0.15) is 30.3 Å². The van der Waals surface area contributed by atoms with Gasteiger partial charge in [0.25, 0.3) is 0 Å². The number of benzene rings is 1. The van der Waals surface area contributed by atoms with Gasteiger partial charge in [-0.15, -0.1) is 5.56 Å². The molecule has 1 aliphatic heterocycles. The first-order valence-electron chi connectivity index (χ1n) is 8.08. The number of methoxy groups -OCH3 is 1. The van der Waals surface area contributed by atoms with Gasteiger partial charge in [0.05, 0.1) is 13.2 Å². The maximum absolute atomic E-state index is 5.29. The maximum Gasteiger partial charge on any atom is 2.00 e. The van der Waals surface area contributed by atoms with Gasteiger partial charge in [-0.05, 0) is 48.1 Å². The van der Waals surface area contributed by atoms with Gasteiger partial charge in [0.2, 0.25) is 0 Å². The summed E-state index contributed by atoms with van der Waals surface area (Å²) in [6.07, 6.45) is 2.15. The van der Waals surface area contributed by atoms with Crippen molar-refractivity contribution in [2.75, 3.05) is 7.11 Å². The fraction of sp³-hybridized carbons (Fsp3) is 0.0952. The Labute approximate surface area is 170 Å². The van der Waals surface area contributed by atoms with Crippen LogP contribution < -0.4 is 15.4 Å². The van der Waals surface area contributed by atoms with Crippen LogP contribution in [0.2, 0.25) is 0 Å². The molecule has 0 fully saturated rings. The number of hydrogen-bond acceptors (Lipinski definition) is 2. The van der Waals surface area contributed by atoms with Gasteiger partial charge in [-0.1, -0.05) is 0 Å². The van der Waals surface area contributed by atoms with Crippen molar-refractivity contribution in [1.29, 1.82) is 0 Å². The Morgan fingerprint density at radius 3 is 2.27 bits per heavy atom. The number of thiocarbonyl (C=S) groups is 1. The smallest absolute Gasteiger partial charge is 0.497 e. The third-order valence-electron chi connectivity index (χ3n) is 3.87. The topological polar surface area (TPSA) is 33.3 Å². The quantitative estimate of drug-likeness (QED) is 0.386. The van der Waals surface area contributed by atoms with Crippen LogP contribution in [0.4, 0.5) is 0 Å². The Hall–Kier alpha value is -2.33. The van der Waals surface area contributed by atoms with Gasteiger partial charge >= 0.3 is 17.1 Å². The Balaban J connectivity index is 0.000000351. The molecule has 3 nitrogen and oxygen atoms in total. The minimum absolute atomic E-state index is 0. The van der Waals surface area contributed by atoms with Gasteiger partial charge in [-0.3, -0.25) is 0 Å². The second-order valence-electron chi connectivity index (χ2n) is 5.57. The number of rotatable bonds is 3. The van der Waals surface area contributed by atoms with Crippen molar-refractivity contribution in [3.05, 3.63) is 96.1 Å². The molecular weight excluding hydrogens is 384 g/mol. The molecule has 0 saturated carbocycles. The molecule has 0 saturated heterocycles. The average molecular weight is 404 g/mol. The molecule has 26 heavy (non-hydrogen) atoms. The zero-order chi connectivity index (χ0) is 17.5. The molecule has 0 spiro atoms. The van der Waals surface area contributed by atoms with Crippen molar-refractivity contribution in [2.24, 2.45) is 0 Å². The van der Waals surface area contributed by atoms with Crippen LogP contribution in [0.15, 0.2) is 84.9 Å². The van der Waals surface area contributed by atoms with Crippen LogP contribution in [0, 0.1) is 0 Å². The van der Waals surface area contributed by atoms with E-state index in [1.54, 1.807) is 7.11 Å². The summed E-state index contributed by atoms with van der Waals surface area (Å²) in [4.78, 5) is 0. The van der Waals surface area contributed by atoms with Crippen LogP contribution in [-0.2, 0) is 17.1 Å². The molecule has 2 N–H and O–H groups in total.